The van der Waals surface area contributed by atoms with Crippen molar-refractivity contribution in [2.24, 2.45) is 0 Å². The third kappa shape index (κ3) is 3.01. The Morgan fingerprint density at radius 2 is 1.94 bits per heavy atom. The zero-order valence-corrected chi connectivity index (χ0v) is 10.4. The van der Waals surface area contributed by atoms with Crippen molar-refractivity contribution in [2.45, 2.75) is 17.6 Å². The molecule has 0 radical (unpaired) electrons. The van der Waals surface area contributed by atoms with Crippen LogP contribution in [0.25, 0.3) is 0 Å². The maximum Gasteiger partial charge on any atom is 0.147 e. The van der Waals surface area contributed by atoms with Crippen LogP contribution in [0.1, 0.15) is 11.1 Å². The van der Waals surface area contributed by atoms with Crippen LogP contribution in [0.4, 0.5) is 10.1 Å². The van der Waals surface area contributed by atoms with E-state index in [0.29, 0.717) is 0 Å². The van der Waals surface area contributed by atoms with Crippen molar-refractivity contribution in [1.29, 1.82) is 0 Å². The maximum absolute atomic E-state index is 13.2. The van der Waals surface area contributed by atoms with E-state index in [9.17, 15) is 4.39 Å². The molecule has 2 aromatic rings. The Labute approximate surface area is 105 Å². The topological polar surface area (TPSA) is 26.0 Å². The molecule has 0 aliphatic heterocycles. The van der Waals surface area contributed by atoms with Gasteiger partial charge in [-0.1, -0.05) is 35.9 Å². The first-order valence-corrected chi connectivity index (χ1v) is 6.37. The molecule has 88 valence electrons. The van der Waals surface area contributed by atoms with E-state index in [1.165, 1.54) is 17.2 Å². The molecule has 0 unspecified atom stereocenters. The lowest BCUT2D eigenvalue weighted by Crippen LogP contribution is -1.93. The van der Waals surface area contributed by atoms with Gasteiger partial charge in [0.25, 0.3) is 0 Å². The number of nitrogens with two attached hydrogens (primary N) is 1. The van der Waals surface area contributed by atoms with Gasteiger partial charge in [-0.05, 0) is 24.6 Å². The first-order chi connectivity index (χ1) is 8.16. The predicted octanol–water partition coefficient (Wildman–Crippen LogP) is 4.01. The van der Waals surface area contributed by atoms with Gasteiger partial charge in [0.2, 0.25) is 0 Å². The normalized spacial score (nSPS) is 10.5. The Morgan fingerprint density at radius 3 is 2.71 bits per heavy atom. The summed E-state index contributed by atoms with van der Waals surface area (Å²) < 4.78 is 13.2. The minimum Gasteiger partial charge on any atom is -0.395 e. The summed E-state index contributed by atoms with van der Waals surface area (Å²) in [6.45, 7) is 2.06. The van der Waals surface area contributed by atoms with Crippen LogP contribution < -0.4 is 5.73 Å². The molecule has 0 saturated heterocycles. The predicted molar refractivity (Wildman–Crippen MR) is 71.6 cm³/mol. The van der Waals surface area contributed by atoms with E-state index in [1.807, 2.05) is 12.1 Å². The van der Waals surface area contributed by atoms with E-state index < -0.39 is 0 Å². The molecule has 2 rings (SSSR count). The van der Waals surface area contributed by atoms with E-state index in [0.717, 1.165) is 10.6 Å². The van der Waals surface area contributed by atoms with Gasteiger partial charge >= 0.3 is 0 Å². The highest BCUT2D eigenvalue weighted by Gasteiger charge is 2.05. The fraction of sp³-hybridized carbons (Fsp3) is 0.143. The summed E-state index contributed by atoms with van der Waals surface area (Å²) in [5.74, 6) is 0.453. The molecular weight excluding hydrogens is 233 g/mol. The van der Waals surface area contributed by atoms with Crippen LogP contribution in [0.3, 0.4) is 0 Å². The van der Waals surface area contributed by atoms with Crippen LogP contribution >= 0.6 is 11.8 Å². The lowest BCUT2D eigenvalue weighted by Gasteiger charge is -2.06. The Kier molecular flexibility index (Phi) is 3.69. The second-order valence-corrected chi connectivity index (χ2v) is 4.95. The summed E-state index contributed by atoms with van der Waals surface area (Å²) in [6, 6.07) is 13.2. The van der Waals surface area contributed by atoms with Crippen molar-refractivity contribution in [1.82, 2.24) is 0 Å². The highest BCUT2D eigenvalue weighted by atomic mass is 32.2. The average Bonchev–Trinajstić information content (AvgIpc) is 2.31. The molecule has 0 aliphatic carbocycles. The summed E-state index contributed by atoms with van der Waals surface area (Å²) in [5, 5.41) is 0. The molecule has 0 bridgehead atoms. The molecule has 0 atom stereocenters. The van der Waals surface area contributed by atoms with Gasteiger partial charge in [-0.25, -0.2) is 4.39 Å². The van der Waals surface area contributed by atoms with Gasteiger partial charge < -0.3 is 5.73 Å². The van der Waals surface area contributed by atoms with Crippen molar-refractivity contribution in [3.8, 4) is 0 Å². The van der Waals surface area contributed by atoms with Gasteiger partial charge in [-0.3, -0.25) is 0 Å². The van der Waals surface area contributed by atoms with E-state index in [4.69, 9.17) is 5.73 Å². The van der Waals surface area contributed by atoms with Gasteiger partial charge in [0, 0.05) is 10.6 Å². The molecule has 0 fully saturated rings. The standard InChI is InChI=1S/C14H14FNS/c1-10-4-2-5-11(8-10)9-17-13-7-3-6-12(15)14(13)16/h2-8H,9,16H2,1H3. The van der Waals surface area contributed by atoms with Crippen LogP contribution in [0.15, 0.2) is 47.4 Å². The van der Waals surface area contributed by atoms with E-state index in [1.54, 1.807) is 17.8 Å². The first kappa shape index (κ1) is 12.0. The molecule has 0 amide bonds. The van der Waals surface area contributed by atoms with Crippen LogP contribution in [0.2, 0.25) is 0 Å². The SMILES string of the molecule is Cc1cccc(CSc2cccc(F)c2N)c1. The number of hydrogen-bond acceptors (Lipinski definition) is 2. The molecule has 0 spiro atoms. The van der Waals surface area contributed by atoms with E-state index in [-0.39, 0.29) is 11.5 Å². The lowest BCUT2D eigenvalue weighted by atomic mass is 10.2. The van der Waals surface area contributed by atoms with Crippen LogP contribution in [-0.2, 0) is 5.75 Å². The molecule has 0 saturated carbocycles. The van der Waals surface area contributed by atoms with Crippen LogP contribution in [0.5, 0.6) is 0 Å². The fourth-order valence-electron chi connectivity index (χ4n) is 1.61. The number of hydrogen-bond donors (Lipinski definition) is 1. The third-order valence-electron chi connectivity index (χ3n) is 2.49. The molecular formula is C14H14FNS. The number of nitrogen functional groups attached to an aromatic ring is 1. The number of aryl methyl sites for hydroxylation is 1. The lowest BCUT2D eigenvalue weighted by molar-refractivity contribution is 0.629. The Hall–Kier alpha value is -1.48. The fourth-order valence-corrected chi connectivity index (χ4v) is 2.54. The van der Waals surface area contributed by atoms with Gasteiger partial charge in [0.1, 0.15) is 5.82 Å². The molecule has 0 heterocycles. The zero-order valence-electron chi connectivity index (χ0n) is 9.61. The maximum atomic E-state index is 13.2. The van der Waals surface area contributed by atoms with Crippen molar-refractivity contribution in [3.05, 3.63) is 59.4 Å². The summed E-state index contributed by atoms with van der Waals surface area (Å²) >= 11 is 1.56. The second kappa shape index (κ2) is 5.23. The summed E-state index contributed by atoms with van der Waals surface area (Å²) in [7, 11) is 0. The number of anilines is 1. The van der Waals surface area contributed by atoms with Gasteiger partial charge in [0.05, 0.1) is 5.69 Å². The van der Waals surface area contributed by atoms with E-state index >= 15 is 0 Å². The van der Waals surface area contributed by atoms with Gasteiger partial charge in [0.15, 0.2) is 0 Å². The molecule has 0 aliphatic rings. The second-order valence-electron chi connectivity index (χ2n) is 3.93. The zero-order chi connectivity index (χ0) is 12.3. The number of thioether (sulfide) groups is 1. The number of benzene rings is 2. The molecule has 1 nitrogen and oxygen atoms in total. The van der Waals surface area contributed by atoms with Crippen molar-refractivity contribution in [2.75, 3.05) is 5.73 Å². The minimum atomic E-state index is -0.348. The Morgan fingerprint density at radius 1 is 1.18 bits per heavy atom. The minimum absolute atomic E-state index is 0.241. The quantitative estimate of drug-likeness (QED) is 0.655. The van der Waals surface area contributed by atoms with Gasteiger partial charge in [-0.2, -0.15) is 0 Å². The average molecular weight is 247 g/mol. The number of rotatable bonds is 3. The van der Waals surface area contributed by atoms with Crippen molar-refractivity contribution < 1.29 is 4.39 Å². The smallest absolute Gasteiger partial charge is 0.147 e. The first-order valence-electron chi connectivity index (χ1n) is 5.39. The third-order valence-corrected chi connectivity index (χ3v) is 3.63. The molecule has 2 aromatic carbocycles. The number of para-hydroxylation sites is 1. The summed E-state index contributed by atoms with van der Waals surface area (Å²) in [6.07, 6.45) is 0. The number of halogens is 1. The largest absolute Gasteiger partial charge is 0.395 e. The van der Waals surface area contributed by atoms with Crippen molar-refractivity contribution in [3.63, 3.8) is 0 Å². The highest BCUT2D eigenvalue weighted by Crippen LogP contribution is 2.29. The van der Waals surface area contributed by atoms with E-state index in [2.05, 4.69) is 25.1 Å². The molecule has 17 heavy (non-hydrogen) atoms. The van der Waals surface area contributed by atoms with Crippen LogP contribution in [-0.4, -0.2) is 0 Å². The molecule has 2 N–H and O–H groups in total. The van der Waals surface area contributed by atoms with Gasteiger partial charge in [-0.15, -0.1) is 11.8 Å². The highest BCUT2D eigenvalue weighted by molar-refractivity contribution is 7.98. The summed E-state index contributed by atoms with van der Waals surface area (Å²) in [5.41, 5.74) is 8.37. The van der Waals surface area contributed by atoms with Crippen molar-refractivity contribution >= 4 is 17.4 Å². The monoisotopic (exact) mass is 247 g/mol. The van der Waals surface area contributed by atoms with Crippen LogP contribution in [0, 0.1) is 12.7 Å². The summed E-state index contributed by atoms with van der Waals surface area (Å²) in [4.78, 5) is 0.798. The molecule has 3 heteroatoms. The Bertz CT molecular complexity index is 525. The Balaban J connectivity index is 2.10. The molecule has 0 aromatic heterocycles.